The molecule has 0 N–H and O–H groups in total. The summed E-state index contributed by atoms with van der Waals surface area (Å²) in [7, 11) is -3.48. The zero-order chi connectivity index (χ0) is 11.2. The highest BCUT2D eigenvalue weighted by Gasteiger charge is 2.39. The highest BCUT2D eigenvalue weighted by molar-refractivity contribution is 7.59. The molecule has 1 unspecified atom stereocenters. The summed E-state index contributed by atoms with van der Waals surface area (Å²) in [4.78, 5) is 0. The van der Waals surface area contributed by atoms with Gasteiger partial charge in [-0.15, -0.1) is 0 Å². The van der Waals surface area contributed by atoms with Crippen LogP contribution in [0.3, 0.4) is 0 Å². The largest absolute Gasteiger partial charge is 0.397 e. The van der Waals surface area contributed by atoms with Crippen molar-refractivity contribution in [1.29, 1.82) is 0 Å². The molecule has 0 aromatic carbocycles. The van der Waals surface area contributed by atoms with E-state index in [9.17, 15) is 17.7 Å². The fourth-order valence-electron chi connectivity index (χ4n) is 1.10. The molecule has 86 valence electrons. The van der Waals surface area contributed by atoms with Crippen molar-refractivity contribution in [3.63, 3.8) is 0 Å². The maximum Gasteiger partial charge on any atom is 0.397 e. The predicted molar refractivity (Wildman–Crippen MR) is 49.9 cm³/mol. The molecule has 0 aliphatic heterocycles. The van der Waals surface area contributed by atoms with E-state index < -0.39 is 19.7 Å². The van der Waals surface area contributed by atoms with Crippen LogP contribution in [-0.2, 0) is 9.09 Å². The van der Waals surface area contributed by atoms with Crippen molar-refractivity contribution in [3.05, 3.63) is 0 Å². The van der Waals surface area contributed by atoms with Crippen LogP contribution in [0.2, 0.25) is 0 Å². The van der Waals surface area contributed by atoms with Crippen molar-refractivity contribution in [3.8, 4) is 0 Å². The normalized spacial score (nSPS) is 16.6. The van der Waals surface area contributed by atoms with Gasteiger partial charge in [-0.1, -0.05) is 13.3 Å². The zero-order valence-corrected chi connectivity index (χ0v) is 9.33. The van der Waals surface area contributed by atoms with Crippen LogP contribution in [0, 0.1) is 0 Å². The number of rotatable bonds is 6. The molecule has 0 aliphatic carbocycles. The van der Waals surface area contributed by atoms with Crippen LogP contribution >= 0.6 is 7.37 Å². The van der Waals surface area contributed by atoms with Gasteiger partial charge < -0.3 is 4.52 Å². The molecule has 0 spiro atoms. The molecule has 0 fully saturated rings. The summed E-state index contributed by atoms with van der Waals surface area (Å²) in [6, 6.07) is 0. The maximum atomic E-state index is 12.0. The Balaban J connectivity index is 4.31. The Morgan fingerprint density at radius 1 is 1.29 bits per heavy atom. The molecule has 0 aromatic heterocycles. The summed E-state index contributed by atoms with van der Waals surface area (Å²) >= 11 is 0. The van der Waals surface area contributed by atoms with Crippen molar-refractivity contribution < 1.29 is 22.3 Å². The molecule has 0 rings (SSSR count). The van der Waals surface area contributed by atoms with Crippen LogP contribution in [0.4, 0.5) is 13.2 Å². The lowest BCUT2D eigenvalue weighted by Crippen LogP contribution is -2.17. The number of alkyl halides is 3. The van der Waals surface area contributed by atoms with E-state index in [0.717, 1.165) is 6.42 Å². The van der Waals surface area contributed by atoms with E-state index in [4.69, 9.17) is 4.52 Å². The first-order chi connectivity index (χ1) is 6.33. The minimum absolute atomic E-state index is 0.0247. The Labute approximate surface area is 82.3 Å². The molecule has 0 aromatic rings. The van der Waals surface area contributed by atoms with Gasteiger partial charge in [-0.05, 0) is 13.3 Å². The highest BCUT2D eigenvalue weighted by atomic mass is 31.2. The first-order valence-electron chi connectivity index (χ1n) is 4.62. The van der Waals surface area contributed by atoms with Gasteiger partial charge in [-0.2, -0.15) is 13.2 Å². The van der Waals surface area contributed by atoms with Gasteiger partial charge in [0, 0.05) is 6.16 Å². The lowest BCUT2D eigenvalue weighted by atomic mass is 10.4. The molecule has 6 heteroatoms. The average molecular weight is 232 g/mol. The second kappa shape index (κ2) is 5.76. The molecular weight excluding hydrogens is 216 g/mol. The highest BCUT2D eigenvalue weighted by Crippen LogP contribution is 2.51. The molecule has 1 atom stereocenters. The van der Waals surface area contributed by atoms with E-state index in [0.29, 0.717) is 6.42 Å². The lowest BCUT2D eigenvalue weighted by molar-refractivity contribution is -0.108. The number of hydrogen-bond acceptors (Lipinski definition) is 2. The fraction of sp³-hybridized carbons (Fsp3) is 1.00. The van der Waals surface area contributed by atoms with Gasteiger partial charge in [-0.3, -0.25) is 4.57 Å². The van der Waals surface area contributed by atoms with E-state index in [2.05, 4.69) is 0 Å². The second-order valence-corrected chi connectivity index (χ2v) is 5.73. The van der Waals surface area contributed by atoms with Crippen LogP contribution < -0.4 is 0 Å². The van der Waals surface area contributed by atoms with Crippen molar-refractivity contribution in [2.75, 3.05) is 18.9 Å². The molecular formula is C8H16F3O2P. The van der Waals surface area contributed by atoms with Crippen LogP contribution in [0.1, 0.15) is 26.7 Å². The summed E-state index contributed by atoms with van der Waals surface area (Å²) in [5.74, 6) is 0. The molecule has 2 nitrogen and oxygen atoms in total. The SMILES string of the molecule is CCCCP(=O)(CC(F)(F)F)OCC. The van der Waals surface area contributed by atoms with Gasteiger partial charge in [-0.25, -0.2) is 0 Å². The Hall–Kier alpha value is -0.0200. The maximum absolute atomic E-state index is 12.0. The van der Waals surface area contributed by atoms with E-state index in [1.807, 2.05) is 6.92 Å². The van der Waals surface area contributed by atoms with E-state index in [1.165, 1.54) is 0 Å². The molecule has 0 saturated heterocycles. The third-order valence-electron chi connectivity index (χ3n) is 1.64. The second-order valence-electron chi connectivity index (χ2n) is 3.08. The Kier molecular flexibility index (Phi) is 5.75. The molecule has 0 bridgehead atoms. The molecule has 0 amide bonds. The Bertz CT molecular complexity index is 203. The van der Waals surface area contributed by atoms with Crippen molar-refractivity contribution in [2.24, 2.45) is 0 Å². The van der Waals surface area contributed by atoms with Crippen molar-refractivity contribution >= 4 is 7.37 Å². The Morgan fingerprint density at radius 3 is 2.21 bits per heavy atom. The Morgan fingerprint density at radius 2 is 1.86 bits per heavy atom. The van der Waals surface area contributed by atoms with E-state index in [-0.39, 0.29) is 12.8 Å². The molecule has 14 heavy (non-hydrogen) atoms. The van der Waals surface area contributed by atoms with Crippen LogP contribution in [0.25, 0.3) is 0 Å². The topological polar surface area (TPSA) is 26.3 Å². The van der Waals surface area contributed by atoms with Gasteiger partial charge in [0.15, 0.2) is 0 Å². The standard InChI is InChI=1S/C8H16F3O2P/c1-3-5-6-14(12,13-4-2)7-8(9,10)11/h3-7H2,1-2H3. The lowest BCUT2D eigenvalue weighted by Gasteiger charge is -2.18. The van der Waals surface area contributed by atoms with Crippen LogP contribution in [-0.4, -0.2) is 25.1 Å². The number of unbranched alkanes of at least 4 members (excludes halogenated alkanes) is 1. The third kappa shape index (κ3) is 6.44. The van der Waals surface area contributed by atoms with E-state index >= 15 is 0 Å². The molecule has 0 heterocycles. The monoisotopic (exact) mass is 232 g/mol. The van der Waals surface area contributed by atoms with Gasteiger partial charge in [0.1, 0.15) is 6.16 Å². The smallest absolute Gasteiger partial charge is 0.329 e. The zero-order valence-electron chi connectivity index (χ0n) is 8.43. The van der Waals surface area contributed by atoms with Crippen LogP contribution in [0.15, 0.2) is 0 Å². The quantitative estimate of drug-likeness (QED) is 0.653. The fourth-order valence-corrected chi connectivity index (χ4v) is 3.29. The molecule has 0 radical (unpaired) electrons. The van der Waals surface area contributed by atoms with Gasteiger partial charge in [0.25, 0.3) is 0 Å². The summed E-state index contributed by atoms with van der Waals surface area (Å²) < 4.78 is 52.5. The summed E-state index contributed by atoms with van der Waals surface area (Å²) in [6.07, 6.45) is -4.45. The molecule has 0 aliphatic rings. The molecule has 0 saturated carbocycles. The van der Waals surface area contributed by atoms with Crippen molar-refractivity contribution in [1.82, 2.24) is 0 Å². The first kappa shape index (κ1) is 14.0. The first-order valence-corrected chi connectivity index (χ1v) is 6.62. The predicted octanol–water partition coefficient (Wildman–Crippen LogP) is 3.66. The minimum atomic E-state index is -4.40. The number of hydrogen-bond donors (Lipinski definition) is 0. The summed E-state index contributed by atoms with van der Waals surface area (Å²) in [6.45, 7) is 3.45. The summed E-state index contributed by atoms with van der Waals surface area (Å²) in [5, 5.41) is 0. The van der Waals surface area contributed by atoms with Gasteiger partial charge >= 0.3 is 6.18 Å². The van der Waals surface area contributed by atoms with Gasteiger partial charge in [0.2, 0.25) is 7.37 Å². The number of halogens is 3. The summed E-state index contributed by atoms with van der Waals surface area (Å²) in [5.41, 5.74) is 0. The van der Waals surface area contributed by atoms with Crippen molar-refractivity contribution in [2.45, 2.75) is 32.9 Å². The van der Waals surface area contributed by atoms with Gasteiger partial charge in [0.05, 0.1) is 6.61 Å². The average Bonchev–Trinajstić information content (AvgIpc) is 1.98. The van der Waals surface area contributed by atoms with E-state index in [1.54, 1.807) is 6.92 Å². The third-order valence-corrected chi connectivity index (χ3v) is 4.20. The minimum Gasteiger partial charge on any atom is -0.329 e. The van der Waals surface area contributed by atoms with Crippen LogP contribution in [0.5, 0.6) is 0 Å².